The van der Waals surface area contributed by atoms with Gasteiger partial charge >= 0.3 is 0 Å². The molecule has 3 heteroatoms. The first-order chi connectivity index (χ1) is 9.06. The summed E-state index contributed by atoms with van der Waals surface area (Å²) in [6.45, 7) is 13.3. The summed E-state index contributed by atoms with van der Waals surface area (Å²) in [7, 11) is 0. The highest BCUT2D eigenvalue weighted by molar-refractivity contribution is 5.17. The van der Waals surface area contributed by atoms with Gasteiger partial charge in [-0.1, -0.05) is 20.8 Å². The van der Waals surface area contributed by atoms with E-state index in [2.05, 4.69) is 44.0 Å². The Morgan fingerprint density at radius 3 is 2.84 bits per heavy atom. The van der Waals surface area contributed by atoms with E-state index in [1.54, 1.807) is 0 Å². The molecule has 2 unspecified atom stereocenters. The van der Waals surface area contributed by atoms with Gasteiger partial charge in [0.05, 0.1) is 12.8 Å². The zero-order valence-electron chi connectivity index (χ0n) is 12.8. The molecule has 108 valence electrons. The van der Waals surface area contributed by atoms with Crippen LogP contribution < -0.4 is 5.32 Å². The molecule has 1 aliphatic rings. The normalized spacial score (nSPS) is 24.5. The smallest absolute Gasteiger partial charge is 0.122 e. The molecule has 19 heavy (non-hydrogen) atoms. The number of hydrogen-bond donors (Lipinski definition) is 1. The van der Waals surface area contributed by atoms with E-state index in [0.717, 1.165) is 31.3 Å². The molecule has 1 aromatic rings. The fraction of sp³-hybridized carbons (Fsp3) is 0.750. The van der Waals surface area contributed by atoms with Crippen LogP contribution in [-0.4, -0.2) is 24.0 Å². The van der Waals surface area contributed by atoms with Crippen LogP contribution in [-0.2, 0) is 13.1 Å². The molecule has 1 aliphatic heterocycles. The van der Waals surface area contributed by atoms with Gasteiger partial charge in [0.15, 0.2) is 0 Å². The van der Waals surface area contributed by atoms with Crippen molar-refractivity contribution in [3.05, 3.63) is 23.7 Å². The highest BCUT2D eigenvalue weighted by Crippen LogP contribution is 2.25. The second-order valence-electron chi connectivity index (χ2n) is 6.51. The zero-order valence-corrected chi connectivity index (χ0v) is 12.8. The molecule has 0 amide bonds. The lowest BCUT2D eigenvalue weighted by molar-refractivity contribution is 0.254. The van der Waals surface area contributed by atoms with E-state index in [1.807, 2.05) is 6.26 Å². The highest BCUT2D eigenvalue weighted by Gasteiger charge is 2.26. The molecular formula is C16H28N2O. The van der Waals surface area contributed by atoms with Crippen LogP contribution in [0.3, 0.4) is 0 Å². The molecule has 1 aromatic heterocycles. The highest BCUT2D eigenvalue weighted by atomic mass is 16.3. The first-order valence-corrected chi connectivity index (χ1v) is 7.56. The molecule has 2 atom stereocenters. The first kappa shape index (κ1) is 14.6. The van der Waals surface area contributed by atoms with Crippen molar-refractivity contribution >= 4 is 0 Å². The molecular weight excluding hydrogens is 236 g/mol. The van der Waals surface area contributed by atoms with E-state index in [-0.39, 0.29) is 0 Å². The second kappa shape index (κ2) is 6.58. The van der Waals surface area contributed by atoms with Crippen LogP contribution in [0.25, 0.3) is 0 Å². The van der Waals surface area contributed by atoms with Gasteiger partial charge in [0, 0.05) is 24.7 Å². The third kappa shape index (κ3) is 4.08. The van der Waals surface area contributed by atoms with Crippen molar-refractivity contribution in [3.63, 3.8) is 0 Å². The van der Waals surface area contributed by atoms with Crippen molar-refractivity contribution in [2.75, 3.05) is 13.1 Å². The predicted molar refractivity (Wildman–Crippen MR) is 78.9 cm³/mol. The minimum Gasteiger partial charge on any atom is -0.468 e. The van der Waals surface area contributed by atoms with Crippen LogP contribution in [0.15, 0.2) is 16.7 Å². The maximum absolute atomic E-state index is 5.63. The minimum absolute atomic E-state index is 0.679. The Morgan fingerprint density at radius 1 is 1.42 bits per heavy atom. The Kier molecular flexibility index (Phi) is 5.06. The maximum Gasteiger partial charge on any atom is 0.122 e. The van der Waals surface area contributed by atoms with Gasteiger partial charge in [-0.25, -0.2) is 0 Å². The van der Waals surface area contributed by atoms with Gasteiger partial charge in [-0.2, -0.15) is 0 Å². The number of hydrogen-bond acceptors (Lipinski definition) is 3. The Morgan fingerprint density at radius 2 is 2.21 bits per heavy atom. The summed E-state index contributed by atoms with van der Waals surface area (Å²) >= 11 is 0. The summed E-state index contributed by atoms with van der Waals surface area (Å²) in [6, 6.07) is 2.82. The summed E-state index contributed by atoms with van der Waals surface area (Å²) in [5.74, 6) is 2.61. The molecule has 2 rings (SSSR count). The Labute approximate surface area is 117 Å². The molecule has 0 spiro atoms. The van der Waals surface area contributed by atoms with Gasteiger partial charge in [0.25, 0.3) is 0 Å². The van der Waals surface area contributed by atoms with Crippen LogP contribution in [0.5, 0.6) is 0 Å². The number of furan rings is 1. The molecule has 0 aromatic carbocycles. The number of rotatable bonds is 6. The molecule has 3 nitrogen and oxygen atoms in total. The van der Waals surface area contributed by atoms with Crippen LogP contribution in [0, 0.1) is 11.8 Å². The summed E-state index contributed by atoms with van der Waals surface area (Å²) in [5, 5.41) is 3.46. The second-order valence-corrected chi connectivity index (χ2v) is 6.51. The van der Waals surface area contributed by atoms with Crippen molar-refractivity contribution in [1.29, 1.82) is 0 Å². The summed E-state index contributed by atoms with van der Waals surface area (Å²) in [6.07, 6.45) is 3.14. The quantitative estimate of drug-likeness (QED) is 0.855. The lowest BCUT2D eigenvalue weighted by Crippen LogP contribution is -2.27. The Balaban J connectivity index is 1.88. The summed E-state index contributed by atoms with van der Waals surface area (Å²) in [4.78, 5) is 2.57. The molecule has 0 radical (unpaired) electrons. The van der Waals surface area contributed by atoms with Gasteiger partial charge in [0.1, 0.15) is 5.76 Å². The largest absolute Gasteiger partial charge is 0.468 e. The third-order valence-corrected chi connectivity index (χ3v) is 3.96. The molecule has 2 heterocycles. The van der Waals surface area contributed by atoms with E-state index in [9.17, 15) is 0 Å². The minimum atomic E-state index is 0.679. The van der Waals surface area contributed by atoms with E-state index in [0.29, 0.717) is 12.0 Å². The van der Waals surface area contributed by atoms with Crippen molar-refractivity contribution in [2.45, 2.75) is 53.2 Å². The monoisotopic (exact) mass is 264 g/mol. The first-order valence-electron chi connectivity index (χ1n) is 7.56. The van der Waals surface area contributed by atoms with Crippen LogP contribution in [0.2, 0.25) is 0 Å². The average molecular weight is 264 g/mol. The molecule has 1 fully saturated rings. The molecule has 1 N–H and O–H groups in total. The standard InChI is InChI=1S/C16H28N2O/c1-12(2)8-17-9-16-15(5-6-19-16)11-18-10-13(3)7-14(18)4/h5-6,12-14,17H,7-11H2,1-4H3. The maximum atomic E-state index is 5.63. The zero-order chi connectivity index (χ0) is 13.8. The van der Waals surface area contributed by atoms with Crippen LogP contribution >= 0.6 is 0 Å². The van der Waals surface area contributed by atoms with Crippen LogP contribution in [0.4, 0.5) is 0 Å². The molecule has 0 saturated carbocycles. The van der Waals surface area contributed by atoms with Gasteiger partial charge in [-0.3, -0.25) is 4.90 Å². The van der Waals surface area contributed by atoms with E-state index in [4.69, 9.17) is 4.42 Å². The van der Waals surface area contributed by atoms with Crippen molar-refractivity contribution in [2.24, 2.45) is 11.8 Å². The van der Waals surface area contributed by atoms with Crippen LogP contribution in [0.1, 0.15) is 45.4 Å². The Bertz CT molecular complexity index is 386. The topological polar surface area (TPSA) is 28.4 Å². The lowest BCUT2D eigenvalue weighted by Gasteiger charge is -2.20. The summed E-state index contributed by atoms with van der Waals surface area (Å²) < 4.78 is 5.63. The van der Waals surface area contributed by atoms with Crippen molar-refractivity contribution in [1.82, 2.24) is 10.2 Å². The molecule has 0 bridgehead atoms. The van der Waals surface area contributed by atoms with Gasteiger partial charge in [-0.05, 0) is 37.8 Å². The fourth-order valence-corrected chi connectivity index (χ4v) is 2.96. The van der Waals surface area contributed by atoms with Crippen molar-refractivity contribution in [3.8, 4) is 0 Å². The SMILES string of the molecule is CC(C)CNCc1occc1CN1CC(C)CC1C. The fourth-order valence-electron chi connectivity index (χ4n) is 2.96. The number of nitrogens with one attached hydrogen (secondary N) is 1. The van der Waals surface area contributed by atoms with Gasteiger partial charge in [-0.15, -0.1) is 0 Å². The van der Waals surface area contributed by atoms with E-state index >= 15 is 0 Å². The summed E-state index contributed by atoms with van der Waals surface area (Å²) in [5.41, 5.74) is 1.34. The van der Waals surface area contributed by atoms with Gasteiger partial charge in [0.2, 0.25) is 0 Å². The van der Waals surface area contributed by atoms with E-state index in [1.165, 1.54) is 18.5 Å². The van der Waals surface area contributed by atoms with Gasteiger partial charge < -0.3 is 9.73 Å². The lowest BCUT2D eigenvalue weighted by atomic mass is 10.1. The molecule has 0 aliphatic carbocycles. The third-order valence-electron chi connectivity index (χ3n) is 3.96. The van der Waals surface area contributed by atoms with Crippen molar-refractivity contribution < 1.29 is 4.42 Å². The average Bonchev–Trinajstić information content (AvgIpc) is 2.87. The molecule has 1 saturated heterocycles. The predicted octanol–water partition coefficient (Wildman–Crippen LogP) is 3.26. The van der Waals surface area contributed by atoms with E-state index < -0.39 is 0 Å². The number of likely N-dealkylation sites (tertiary alicyclic amines) is 1. The number of nitrogens with zero attached hydrogens (tertiary/aromatic N) is 1. The Hall–Kier alpha value is -0.800.